The van der Waals surface area contributed by atoms with Gasteiger partial charge in [-0.15, -0.1) is 0 Å². The summed E-state index contributed by atoms with van der Waals surface area (Å²) in [6.45, 7) is 0. The first-order chi connectivity index (χ1) is 5.25. The van der Waals surface area contributed by atoms with Crippen LogP contribution in [0.4, 0.5) is 4.39 Å². The number of benzene rings is 1. The summed E-state index contributed by atoms with van der Waals surface area (Å²) in [7, 11) is 1.34. The summed E-state index contributed by atoms with van der Waals surface area (Å²) < 4.78 is 15.9. The molecule has 0 spiro atoms. The van der Waals surface area contributed by atoms with E-state index < -0.39 is 10.7 Å². The maximum Gasteiger partial charge on any atom is 0.137 e. The average molecular weight is 171 g/mol. The van der Waals surface area contributed by atoms with E-state index in [1.54, 1.807) is 25.2 Å². The normalized spacial score (nSPS) is 12.9. The van der Waals surface area contributed by atoms with Crippen LogP contribution in [0.3, 0.4) is 0 Å². The molecule has 3 heteroatoms. The van der Waals surface area contributed by atoms with E-state index in [0.717, 1.165) is 0 Å². The second kappa shape index (κ2) is 3.64. The number of rotatable bonds is 2. The van der Waals surface area contributed by atoms with Gasteiger partial charge in [0.1, 0.15) is 5.82 Å². The lowest BCUT2D eigenvalue weighted by atomic mass is 10.4. The van der Waals surface area contributed by atoms with Crippen molar-refractivity contribution in [2.45, 2.75) is 4.90 Å². The van der Waals surface area contributed by atoms with E-state index in [4.69, 9.17) is 0 Å². The highest BCUT2D eigenvalue weighted by atomic mass is 32.2. The first-order valence-electron chi connectivity index (χ1n) is 3.21. The second-order valence-electron chi connectivity index (χ2n) is 2.03. The van der Waals surface area contributed by atoms with Crippen LogP contribution in [0.5, 0.6) is 0 Å². The molecule has 0 bridgehead atoms. The Morgan fingerprint density at radius 1 is 1.45 bits per heavy atom. The van der Waals surface area contributed by atoms with Gasteiger partial charge in [-0.25, -0.2) is 4.39 Å². The van der Waals surface area contributed by atoms with Crippen LogP contribution in [0.25, 0.3) is 0 Å². The topological polar surface area (TPSA) is 12.0 Å². The molecule has 0 saturated heterocycles. The second-order valence-corrected chi connectivity index (χ2v) is 3.65. The van der Waals surface area contributed by atoms with Gasteiger partial charge in [-0.05, 0) is 19.2 Å². The number of hydrogen-bond donors (Lipinski definition) is 1. The molecule has 1 aromatic rings. The third kappa shape index (κ3) is 1.88. The van der Waals surface area contributed by atoms with Crippen LogP contribution in [0, 0.1) is 5.82 Å². The Balaban J connectivity index is 3.03. The molecule has 0 aliphatic carbocycles. The third-order valence-electron chi connectivity index (χ3n) is 1.35. The minimum atomic E-state index is -0.427. The molecule has 1 N–H and O–H groups in total. The average Bonchev–Trinajstić information content (AvgIpc) is 2.04. The van der Waals surface area contributed by atoms with Crippen molar-refractivity contribution in [3.05, 3.63) is 30.1 Å². The molecule has 1 nitrogen and oxygen atoms in total. The minimum absolute atomic E-state index is 0.194. The lowest BCUT2D eigenvalue weighted by Gasteiger charge is -2.05. The van der Waals surface area contributed by atoms with Crippen molar-refractivity contribution in [3.8, 4) is 0 Å². The summed E-state index contributed by atoms with van der Waals surface area (Å²) in [4.78, 5) is 0.634. The summed E-state index contributed by atoms with van der Waals surface area (Å²) in [6.07, 6.45) is 0. The maximum atomic E-state index is 13.0. The SMILES string of the molecule is C=S(NC)c1ccccc1F. The molecule has 1 unspecified atom stereocenters. The van der Waals surface area contributed by atoms with Crippen molar-refractivity contribution in [1.82, 2.24) is 4.72 Å². The van der Waals surface area contributed by atoms with Crippen molar-refractivity contribution >= 4 is 16.5 Å². The van der Waals surface area contributed by atoms with Crippen molar-refractivity contribution in [3.63, 3.8) is 0 Å². The molecule has 0 saturated carbocycles. The molecule has 0 aliphatic rings. The Hall–Kier alpha value is -0.670. The molecule has 0 heterocycles. The van der Waals surface area contributed by atoms with Crippen molar-refractivity contribution < 1.29 is 4.39 Å². The van der Waals surface area contributed by atoms with Crippen LogP contribution >= 0.6 is 10.7 Å². The Morgan fingerprint density at radius 2 is 2.09 bits per heavy atom. The molecular weight excluding hydrogens is 161 g/mol. The fourth-order valence-electron chi connectivity index (χ4n) is 0.755. The third-order valence-corrected chi connectivity index (χ3v) is 2.70. The van der Waals surface area contributed by atoms with Gasteiger partial charge in [0.05, 0.1) is 4.90 Å². The first kappa shape index (κ1) is 8.43. The zero-order chi connectivity index (χ0) is 8.27. The molecule has 0 fully saturated rings. The summed E-state index contributed by atoms with van der Waals surface area (Å²) in [5.41, 5.74) is 0. The molecule has 0 radical (unpaired) electrons. The standard InChI is InChI=1S/C8H10FNS/c1-10-11(2)8-6-4-3-5-7(8)9/h3-6,10H,2H2,1H3. The van der Waals surface area contributed by atoms with Crippen molar-refractivity contribution in [1.29, 1.82) is 0 Å². The molecule has 1 aromatic carbocycles. The van der Waals surface area contributed by atoms with E-state index >= 15 is 0 Å². The Kier molecular flexibility index (Phi) is 2.79. The largest absolute Gasteiger partial charge is 0.269 e. The Bertz CT molecular complexity index is 273. The predicted molar refractivity (Wildman–Crippen MR) is 48.4 cm³/mol. The van der Waals surface area contributed by atoms with Gasteiger partial charge in [0.25, 0.3) is 0 Å². The van der Waals surface area contributed by atoms with Gasteiger partial charge in [0.2, 0.25) is 0 Å². The van der Waals surface area contributed by atoms with Gasteiger partial charge < -0.3 is 0 Å². The summed E-state index contributed by atoms with van der Waals surface area (Å²) >= 11 is 0. The maximum absolute atomic E-state index is 13.0. The number of nitrogens with one attached hydrogen (secondary N) is 1. The van der Waals surface area contributed by atoms with Gasteiger partial charge in [0, 0.05) is 0 Å². The predicted octanol–water partition coefficient (Wildman–Crippen LogP) is 2.02. The molecule has 60 valence electrons. The lowest BCUT2D eigenvalue weighted by Crippen LogP contribution is -1.96. The molecule has 0 aromatic heterocycles. The van der Waals surface area contributed by atoms with E-state index in [1.165, 1.54) is 6.07 Å². The van der Waals surface area contributed by atoms with E-state index in [-0.39, 0.29) is 5.82 Å². The molecule has 1 rings (SSSR count). The van der Waals surface area contributed by atoms with Crippen LogP contribution < -0.4 is 4.72 Å². The zero-order valence-electron chi connectivity index (χ0n) is 6.30. The van der Waals surface area contributed by atoms with Crippen LogP contribution in [-0.4, -0.2) is 12.9 Å². The highest BCUT2D eigenvalue weighted by Crippen LogP contribution is 2.22. The summed E-state index contributed by atoms with van der Waals surface area (Å²) in [6, 6.07) is 6.66. The summed E-state index contributed by atoms with van der Waals surface area (Å²) in [5.74, 6) is 3.57. The van der Waals surface area contributed by atoms with E-state index in [9.17, 15) is 4.39 Å². The van der Waals surface area contributed by atoms with Gasteiger partial charge in [0.15, 0.2) is 0 Å². The molecule has 0 amide bonds. The van der Waals surface area contributed by atoms with Crippen LogP contribution in [0.15, 0.2) is 29.2 Å². The van der Waals surface area contributed by atoms with Crippen molar-refractivity contribution in [2.24, 2.45) is 0 Å². The minimum Gasteiger partial charge on any atom is -0.269 e. The monoisotopic (exact) mass is 171 g/mol. The zero-order valence-corrected chi connectivity index (χ0v) is 7.12. The fourth-order valence-corrected chi connectivity index (χ4v) is 1.52. The highest BCUT2D eigenvalue weighted by Gasteiger charge is 2.00. The molecular formula is C8H10FNS. The Morgan fingerprint density at radius 3 is 2.64 bits per heavy atom. The smallest absolute Gasteiger partial charge is 0.137 e. The van der Waals surface area contributed by atoms with Crippen molar-refractivity contribution in [2.75, 3.05) is 7.05 Å². The first-order valence-corrected chi connectivity index (χ1v) is 4.61. The Labute approximate surface area is 68.3 Å². The van der Waals surface area contributed by atoms with Gasteiger partial charge in [-0.1, -0.05) is 28.7 Å². The van der Waals surface area contributed by atoms with Crippen LogP contribution in [0.1, 0.15) is 0 Å². The van der Waals surface area contributed by atoms with Crippen LogP contribution in [0.2, 0.25) is 0 Å². The van der Waals surface area contributed by atoms with Gasteiger partial charge >= 0.3 is 0 Å². The van der Waals surface area contributed by atoms with Gasteiger partial charge in [-0.3, -0.25) is 4.72 Å². The summed E-state index contributed by atoms with van der Waals surface area (Å²) in [5, 5.41) is 0. The lowest BCUT2D eigenvalue weighted by molar-refractivity contribution is 0.601. The highest BCUT2D eigenvalue weighted by molar-refractivity contribution is 8.12. The number of halogens is 1. The molecule has 0 aliphatic heterocycles. The van der Waals surface area contributed by atoms with E-state index in [1.807, 2.05) is 0 Å². The fraction of sp³-hybridized carbons (Fsp3) is 0.125. The van der Waals surface area contributed by atoms with E-state index in [0.29, 0.717) is 4.90 Å². The quantitative estimate of drug-likeness (QED) is 0.671. The molecule has 1 atom stereocenters. The molecule has 11 heavy (non-hydrogen) atoms. The van der Waals surface area contributed by atoms with E-state index in [2.05, 4.69) is 10.6 Å². The number of hydrogen-bond acceptors (Lipinski definition) is 1. The van der Waals surface area contributed by atoms with Crippen LogP contribution in [-0.2, 0) is 0 Å². The van der Waals surface area contributed by atoms with Gasteiger partial charge in [-0.2, -0.15) is 0 Å².